The van der Waals surface area contributed by atoms with E-state index in [4.69, 9.17) is 0 Å². The number of aliphatic imine (C=N–C) groups is 1. The number of nitrogens with one attached hydrogen (secondary N) is 2. The number of nitrogens with zero attached hydrogens (tertiary/aromatic N) is 2. The highest BCUT2D eigenvalue weighted by atomic mass is 127. The minimum absolute atomic E-state index is 0. The van der Waals surface area contributed by atoms with Crippen LogP contribution in [0.15, 0.2) is 53.8 Å². The third-order valence-corrected chi connectivity index (χ3v) is 4.72. The molecule has 0 radical (unpaired) electrons. The maximum absolute atomic E-state index is 4.34. The summed E-state index contributed by atoms with van der Waals surface area (Å²) in [6.07, 6.45) is 6.67. The highest BCUT2D eigenvalue weighted by Gasteiger charge is 2.44. The first-order valence-corrected chi connectivity index (χ1v) is 8.35. The first-order chi connectivity index (χ1) is 11.2. The van der Waals surface area contributed by atoms with Gasteiger partial charge in [-0.1, -0.05) is 24.3 Å². The van der Waals surface area contributed by atoms with Crippen molar-refractivity contribution in [1.29, 1.82) is 0 Å². The predicted molar refractivity (Wildman–Crippen MR) is 111 cm³/mol. The van der Waals surface area contributed by atoms with E-state index >= 15 is 0 Å². The second kappa shape index (κ2) is 8.55. The van der Waals surface area contributed by atoms with E-state index in [1.165, 1.54) is 24.0 Å². The Morgan fingerprint density at radius 2 is 1.83 bits per heavy atom. The van der Waals surface area contributed by atoms with Gasteiger partial charge in [0.1, 0.15) is 0 Å². The first kappa shape index (κ1) is 18.8. The van der Waals surface area contributed by atoms with Crippen LogP contribution < -0.4 is 10.6 Å². The van der Waals surface area contributed by atoms with Gasteiger partial charge in [0.2, 0.25) is 0 Å². The lowest BCUT2D eigenvalue weighted by Crippen LogP contribution is -2.42. The van der Waals surface area contributed by atoms with Crippen LogP contribution in [-0.4, -0.2) is 30.7 Å². The van der Waals surface area contributed by atoms with Crippen LogP contribution in [0.1, 0.15) is 24.0 Å². The van der Waals surface area contributed by atoms with Crippen LogP contribution in [0.3, 0.4) is 0 Å². The molecule has 1 aliphatic carbocycles. The van der Waals surface area contributed by atoms with Crippen molar-refractivity contribution in [2.45, 2.75) is 31.7 Å². The van der Waals surface area contributed by atoms with Crippen LogP contribution in [-0.2, 0) is 12.0 Å². The molecule has 2 aromatic rings. The molecule has 1 saturated carbocycles. The Hall–Kier alpha value is -1.50. The van der Waals surface area contributed by atoms with Crippen molar-refractivity contribution in [1.82, 2.24) is 15.2 Å². The maximum Gasteiger partial charge on any atom is 0.191 e. The minimum Gasteiger partial charge on any atom is -0.356 e. The molecule has 130 valence electrons. The lowest BCUT2D eigenvalue weighted by Gasteiger charge is -2.20. The lowest BCUT2D eigenvalue weighted by atomic mass is 9.92. The van der Waals surface area contributed by atoms with Gasteiger partial charge in [0.15, 0.2) is 5.96 Å². The summed E-state index contributed by atoms with van der Waals surface area (Å²) in [6.45, 7) is 4.96. The molecule has 4 nitrogen and oxygen atoms in total. The van der Waals surface area contributed by atoms with Crippen LogP contribution >= 0.6 is 24.0 Å². The zero-order valence-electron chi connectivity index (χ0n) is 14.5. The van der Waals surface area contributed by atoms with Gasteiger partial charge in [0.25, 0.3) is 0 Å². The number of benzene rings is 1. The van der Waals surface area contributed by atoms with Crippen molar-refractivity contribution >= 4 is 29.9 Å². The molecular weight excluding hydrogens is 411 g/mol. The summed E-state index contributed by atoms with van der Waals surface area (Å²) >= 11 is 0. The quantitative estimate of drug-likeness (QED) is 0.413. The highest BCUT2D eigenvalue weighted by molar-refractivity contribution is 14.0. The summed E-state index contributed by atoms with van der Waals surface area (Å²) in [4.78, 5) is 4.34. The van der Waals surface area contributed by atoms with Crippen LogP contribution in [0.2, 0.25) is 0 Å². The molecule has 1 fully saturated rings. The van der Waals surface area contributed by atoms with Gasteiger partial charge in [0.05, 0.1) is 0 Å². The summed E-state index contributed by atoms with van der Waals surface area (Å²) in [5.74, 6) is 0.886. The van der Waals surface area contributed by atoms with Crippen molar-refractivity contribution in [2.24, 2.45) is 4.99 Å². The van der Waals surface area contributed by atoms with Gasteiger partial charge >= 0.3 is 0 Å². The normalized spacial score (nSPS) is 15.5. The maximum atomic E-state index is 4.34. The molecule has 3 rings (SSSR count). The third-order valence-electron chi connectivity index (χ3n) is 4.72. The van der Waals surface area contributed by atoms with E-state index in [9.17, 15) is 0 Å². The number of aryl methyl sites for hydroxylation is 1. The first-order valence-electron chi connectivity index (χ1n) is 8.35. The fraction of sp³-hybridized carbons (Fsp3) is 0.421. The summed E-state index contributed by atoms with van der Waals surface area (Å²) in [5, 5.41) is 6.90. The smallest absolute Gasteiger partial charge is 0.191 e. The average Bonchev–Trinajstić information content (AvgIpc) is 3.17. The molecule has 0 aliphatic heterocycles. The Balaban J connectivity index is 0.00000208. The molecule has 0 atom stereocenters. The van der Waals surface area contributed by atoms with Gasteiger partial charge in [0, 0.05) is 44.5 Å². The molecule has 1 aromatic heterocycles. The van der Waals surface area contributed by atoms with Crippen molar-refractivity contribution in [3.05, 3.63) is 59.9 Å². The van der Waals surface area contributed by atoms with Crippen molar-refractivity contribution in [2.75, 3.05) is 20.1 Å². The topological polar surface area (TPSA) is 41.4 Å². The molecule has 24 heavy (non-hydrogen) atoms. The van der Waals surface area contributed by atoms with E-state index in [0.29, 0.717) is 5.41 Å². The Kier molecular flexibility index (Phi) is 6.71. The Labute approximate surface area is 161 Å². The molecule has 1 aromatic carbocycles. The second-order valence-corrected chi connectivity index (χ2v) is 6.37. The molecular formula is C19H27IN4. The number of hydrogen-bond acceptors (Lipinski definition) is 1. The predicted octanol–water partition coefficient (Wildman–Crippen LogP) is 3.31. The van der Waals surface area contributed by atoms with Crippen molar-refractivity contribution < 1.29 is 0 Å². The van der Waals surface area contributed by atoms with E-state index in [1.807, 2.05) is 19.2 Å². The van der Waals surface area contributed by atoms with Crippen LogP contribution in [0.4, 0.5) is 0 Å². The number of hydrogen-bond donors (Lipinski definition) is 2. The summed E-state index contributed by atoms with van der Waals surface area (Å²) in [5.41, 5.74) is 3.17. The lowest BCUT2D eigenvalue weighted by molar-refractivity contribution is 0.627. The van der Waals surface area contributed by atoms with Gasteiger partial charge in [-0.25, -0.2) is 0 Å². The molecule has 0 spiro atoms. The Bertz CT molecular complexity index is 660. The van der Waals surface area contributed by atoms with E-state index in [-0.39, 0.29) is 24.0 Å². The summed E-state index contributed by atoms with van der Waals surface area (Å²) < 4.78 is 2.16. The van der Waals surface area contributed by atoms with E-state index < -0.39 is 0 Å². The standard InChI is InChI=1S/C19H26N4.HI/c1-16-7-3-4-8-17(16)19(9-10-19)15-22-18(20-2)21-11-14-23-12-5-6-13-23;/h3-8,12-13H,9-11,14-15H2,1-2H3,(H2,20,21,22);1H. The molecule has 5 heteroatoms. The zero-order chi connectivity index (χ0) is 16.1. The Morgan fingerprint density at radius 3 is 2.46 bits per heavy atom. The van der Waals surface area contributed by atoms with Gasteiger partial charge in [-0.05, 0) is 43.0 Å². The third kappa shape index (κ3) is 4.53. The van der Waals surface area contributed by atoms with Gasteiger partial charge in [-0.3, -0.25) is 4.99 Å². The zero-order valence-corrected chi connectivity index (χ0v) is 16.8. The van der Waals surface area contributed by atoms with Crippen molar-refractivity contribution in [3.63, 3.8) is 0 Å². The molecule has 0 saturated heterocycles. The SMILES string of the molecule is CN=C(NCCn1cccc1)NCC1(c2ccccc2C)CC1.I. The van der Waals surface area contributed by atoms with E-state index in [0.717, 1.165) is 25.6 Å². The molecule has 0 amide bonds. The number of halogens is 1. The van der Waals surface area contributed by atoms with Crippen LogP contribution in [0.25, 0.3) is 0 Å². The molecule has 2 N–H and O–H groups in total. The number of rotatable bonds is 6. The second-order valence-electron chi connectivity index (χ2n) is 6.37. The molecule has 0 bridgehead atoms. The van der Waals surface area contributed by atoms with E-state index in [1.54, 1.807) is 0 Å². The molecule has 1 aliphatic rings. The Morgan fingerprint density at radius 1 is 1.12 bits per heavy atom. The summed E-state index contributed by atoms with van der Waals surface area (Å²) in [7, 11) is 1.83. The molecule has 0 unspecified atom stereocenters. The van der Waals surface area contributed by atoms with Gasteiger partial charge in [-0.2, -0.15) is 0 Å². The van der Waals surface area contributed by atoms with Crippen LogP contribution in [0.5, 0.6) is 0 Å². The van der Waals surface area contributed by atoms with Crippen LogP contribution in [0, 0.1) is 6.92 Å². The number of aromatic nitrogens is 1. The largest absolute Gasteiger partial charge is 0.356 e. The fourth-order valence-electron chi connectivity index (χ4n) is 3.16. The van der Waals surface area contributed by atoms with E-state index in [2.05, 4.69) is 63.8 Å². The van der Waals surface area contributed by atoms with Gasteiger partial charge in [-0.15, -0.1) is 24.0 Å². The fourth-order valence-corrected chi connectivity index (χ4v) is 3.16. The average molecular weight is 438 g/mol. The highest BCUT2D eigenvalue weighted by Crippen LogP contribution is 2.48. The summed E-state index contributed by atoms with van der Waals surface area (Å²) in [6, 6.07) is 12.8. The minimum atomic E-state index is 0. The number of guanidine groups is 1. The molecule has 1 heterocycles. The van der Waals surface area contributed by atoms with Crippen molar-refractivity contribution in [3.8, 4) is 0 Å². The monoisotopic (exact) mass is 438 g/mol. The van der Waals surface area contributed by atoms with Gasteiger partial charge < -0.3 is 15.2 Å².